The van der Waals surface area contributed by atoms with Crippen molar-refractivity contribution in [2.75, 3.05) is 5.32 Å². The number of hydrogen-bond donors (Lipinski definition) is 1. The molecule has 0 aliphatic heterocycles. The van der Waals surface area contributed by atoms with Crippen molar-refractivity contribution in [2.24, 2.45) is 0 Å². The molecule has 0 unspecified atom stereocenters. The van der Waals surface area contributed by atoms with Gasteiger partial charge in [-0.1, -0.05) is 55.0 Å². The summed E-state index contributed by atoms with van der Waals surface area (Å²) in [6.45, 7) is 6.07. The molecular formula is C18H19N5OS. The quantitative estimate of drug-likeness (QED) is 0.758. The van der Waals surface area contributed by atoms with Gasteiger partial charge in [0.2, 0.25) is 5.13 Å². The van der Waals surface area contributed by atoms with E-state index in [1.54, 1.807) is 0 Å². The first-order chi connectivity index (χ1) is 12.0. The predicted octanol–water partition coefficient (Wildman–Crippen LogP) is 3.60. The monoisotopic (exact) mass is 353 g/mol. The largest absolute Gasteiger partial charge is 0.296 e. The zero-order valence-electron chi connectivity index (χ0n) is 14.4. The summed E-state index contributed by atoms with van der Waals surface area (Å²) in [6, 6.07) is 8.25. The third-order valence-corrected chi connectivity index (χ3v) is 4.41. The molecule has 1 amide bonds. The molecule has 3 aromatic rings. The van der Waals surface area contributed by atoms with E-state index in [1.807, 2.05) is 19.9 Å². The van der Waals surface area contributed by atoms with E-state index < -0.39 is 0 Å². The number of aryl methyl sites for hydroxylation is 1. The summed E-state index contributed by atoms with van der Waals surface area (Å²) in [4.78, 5) is 20.7. The fourth-order valence-electron chi connectivity index (χ4n) is 2.29. The molecule has 25 heavy (non-hydrogen) atoms. The smallest absolute Gasteiger partial charge is 0.260 e. The molecule has 0 bridgehead atoms. The van der Waals surface area contributed by atoms with Crippen LogP contribution in [0.1, 0.15) is 52.1 Å². The van der Waals surface area contributed by atoms with Crippen molar-refractivity contribution in [1.29, 1.82) is 0 Å². The van der Waals surface area contributed by atoms with Gasteiger partial charge in [-0.2, -0.15) is 0 Å². The molecular weight excluding hydrogens is 334 g/mol. The highest BCUT2D eigenvalue weighted by molar-refractivity contribution is 7.15. The Kier molecular flexibility index (Phi) is 5.14. The summed E-state index contributed by atoms with van der Waals surface area (Å²) >= 11 is 1.37. The van der Waals surface area contributed by atoms with Gasteiger partial charge < -0.3 is 0 Å². The molecule has 128 valence electrons. The molecule has 7 heteroatoms. The first-order valence-corrected chi connectivity index (χ1v) is 8.84. The summed E-state index contributed by atoms with van der Waals surface area (Å²) < 4.78 is 0. The van der Waals surface area contributed by atoms with Crippen LogP contribution in [0.2, 0.25) is 0 Å². The molecule has 1 aromatic carbocycles. The average Bonchev–Trinajstić information content (AvgIpc) is 3.01. The molecule has 0 saturated heterocycles. The number of rotatable bonds is 5. The fourth-order valence-corrected chi connectivity index (χ4v) is 3.06. The molecule has 0 saturated carbocycles. The second kappa shape index (κ2) is 7.48. The standard InChI is InChI=1S/C18H19N5OS/c1-11(2)16-19-9-14(10-20-16)17(24)21-18-23-22-15(25-18)8-13-6-4-5-12(3)7-13/h4-7,9-11H,8H2,1-3H3,(H,21,23,24). The van der Waals surface area contributed by atoms with Crippen molar-refractivity contribution in [3.63, 3.8) is 0 Å². The van der Waals surface area contributed by atoms with E-state index >= 15 is 0 Å². The van der Waals surface area contributed by atoms with Gasteiger partial charge in [0.05, 0.1) is 5.56 Å². The Labute approximate surface area is 150 Å². The minimum absolute atomic E-state index is 0.226. The zero-order valence-corrected chi connectivity index (χ0v) is 15.2. The highest BCUT2D eigenvalue weighted by Crippen LogP contribution is 2.19. The Morgan fingerprint density at radius 2 is 1.96 bits per heavy atom. The summed E-state index contributed by atoms with van der Waals surface area (Å²) in [6.07, 6.45) is 3.76. The Hall–Kier alpha value is -2.67. The van der Waals surface area contributed by atoms with E-state index in [0.717, 1.165) is 5.01 Å². The highest BCUT2D eigenvalue weighted by atomic mass is 32.1. The van der Waals surface area contributed by atoms with E-state index in [1.165, 1.54) is 34.9 Å². The maximum Gasteiger partial charge on any atom is 0.260 e. The minimum atomic E-state index is -0.284. The van der Waals surface area contributed by atoms with Crippen molar-refractivity contribution in [1.82, 2.24) is 20.2 Å². The first kappa shape index (κ1) is 17.2. The van der Waals surface area contributed by atoms with Gasteiger partial charge in [0.1, 0.15) is 10.8 Å². The van der Waals surface area contributed by atoms with Gasteiger partial charge in [0, 0.05) is 24.7 Å². The number of carbonyl (C=O) groups excluding carboxylic acids is 1. The van der Waals surface area contributed by atoms with Crippen LogP contribution in [0.15, 0.2) is 36.7 Å². The lowest BCUT2D eigenvalue weighted by Crippen LogP contribution is -2.13. The number of aromatic nitrogens is 4. The van der Waals surface area contributed by atoms with Gasteiger partial charge in [-0.05, 0) is 12.5 Å². The van der Waals surface area contributed by atoms with Crippen LogP contribution < -0.4 is 5.32 Å². The minimum Gasteiger partial charge on any atom is -0.296 e. The summed E-state index contributed by atoms with van der Waals surface area (Å²) in [5.41, 5.74) is 2.78. The third kappa shape index (κ3) is 4.45. The summed E-state index contributed by atoms with van der Waals surface area (Å²) in [5.74, 6) is 0.658. The first-order valence-electron chi connectivity index (χ1n) is 8.02. The average molecular weight is 353 g/mol. The van der Waals surface area contributed by atoms with Crippen LogP contribution in [0.4, 0.5) is 5.13 Å². The topological polar surface area (TPSA) is 80.7 Å². The molecule has 0 spiro atoms. The van der Waals surface area contributed by atoms with Crippen molar-refractivity contribution in [3.05, 3.63) is 64.2 Å². The number of amides is 1. The van der Waals surface area contributed by atoms with Gasteiger partial charge in [-0.25, -0.2) is 9.97 Å². The van der Waals surface area contributed by atoms with Crippen LogP contribution in [-0.4, -0.2) is 26.1 Å². The predicted molar refractivity (Wildman–Crippen MR) is 98.0 cm³/mol. The van der Waals surface area contributed by atoms with Crippen LogP contribution in [0.3, 0.4) is 0 Å². The van der Waals surface area contributed by atoms with E-state index in [2.05, 4.69) is 50.6 Å². The number of anilines is 1. The summed E-state index contributed by atoms with van der Waals surface area (Å²) in [5, 5.41) is 12.3. The molecule has 0 aliphatic carbocycles. The maximum atomic E-state index is 12.3. The van der Waals surface area contributed by atoms with Gasteiger partial charge >= 0.3 is 0 Å². The van der Waals surface area contributed by atoms with Crippen LogP contribution in [-0.2, 0) is 6.42 Å². The normalized spacial score (nSPS) is 10.9. The van der Waals surface area contributed by atoms with Gasteiger partial charge in [0.25, 0.3) is 5.91 Å². The molecule has 2 heterocycles. The Balaban J connectivity index is 1.65. The van der Waals surface area contributed by atoms with Gasteiger partial charge in [-0.15, -0.1) is 10.2 Å². The fraction of sp³-hybridized carbons (Fsp3) is 0.278. The second-order valence-electron chi connectivity index (χ2n) is 6.11. The van der Waals surface area contributed by atoms with E-state index in [4.69, 9.17) is 0 Å². The van der Waals surface area contributed by atoms with Crippen molar-refractivity contribution in [2.45, 2.75) is 33.1 Å². The van der Waals surface area contributed by atoms with Crippen molar-refractivity contribution >= 4 is 22.4 Å². The van der Waals surface area contributed by atoms with Crippen LogP contribution >= 0.6 is 11.3 Å². The highest BCUT2D eigenvalue weighted by Gasteiger charge is 2.12. The molecule has 0 aliphatic rings. The summed E-state index contributed by atoms with van der Waals surface area (Å²) in [7, 11) is 0. The number of carbonyl (C=O) groups is 1. The van der Waals surface area contributed by atoms with Crippen molar-refractivity contribution < 1.29 is 4.79 Å². The molecule has 0 fully saturated rings. The van der Waals surface area contributed by atoms with E-state index in [-0.39, 0.29) is 11.8 Å². The number of nitrogens with zero attached hydrogens (tertiary/aromatic N) is 4. The van der Waals surface area contributed by atoms with E-state index in [9.17, 15) is 4.79 Å². The number of benzene rings is 1. The molecule has 1 N–H and O–H groups in total. The van der Waals surface area contributed by atoms with Crippen LogP contribution in [0.5, 0.6) is 0 Å². The molecule has 0 atom stereocenters. The molecule has 6 nitrogen and oxygen atoms in total. The molecule has 2 aromatic heterocycles. The Morgan fingerprint density at radius 3 is 2.64 bits per heavy atom. The molecule has 0 radical (unpaired) electrons. The Morgan fingerprint density at radius 1 is 1.20 bits per heavy atom. The lowest BCUT2D eigenvalue weighted by atomic mass is 10.1. The maximum absolute atomic E-state index is 12.3. The number of nitrogens with one attached hydrogen (secondary N) is 1. The van der Waals surface area contributed by atoms with Gasteiger partial charge in [-0.3, -0.25) is 10.1 Å². The lowest BCUT2D eigenvalue weighted by molar-refractivity contribution is 0.102. The SMILES string of the molecule is Cc1cccc(Cc2nnc(NC(=O)c3cnc(C(C)C)nc3)s2)c1. The zero-order chi connectivity index (χ0) is 17.8. The van der Waals surface area contributed by atoms with Crippen LogP contribution in [0, 0.1) is 6.92 Å². The van der Waals surface area contributed by atoms with Crippen LogP contribution in [0.25, 0.3) is 0 Å². The second-order valence-corrected chi connectivity index (χ2v) is 7.17. The van der Waals surface area contributed by atoms with Gasteiger partial charge in [0.15, 0.2) is 0 Å². The number of hydrogen-bond acceptors (Lipinski definition) is 6. The molecule has 3 rings (SSSR count). The lowest BCUT2D eigenvalue weighted by Gasteiger charge is -2.04. The van der Waals surface area contributed by atoms with E-state index in [0.29, 0.717) is 22.9 Å². The Bertz CT molecular complexity index is 873. The van der Waals surface area contributed by atoms with Crippen molar-refractivity contribution in [3.8, 4) is 0 Å². The third-order valence-electron chi connectivity index (χ3n) is 3.58.